The fourth-order valence-electron chi connectivity index (χ4n) is 3.42. The quantitative estimate of drug-likeness (QED) is 0.651. The summed E-state index contributed by atoms with van der Waals surface area (Å²) >= 11 is 6.13. The molecule has 0 bridgehead atoms. The van der Waals surface area contributed by atoms with E-state index in [-0.39, 0.29) is 16.5 Å². The fraction of sp³-hybridized carbons (Fsp3) is 0.158. The van der Waals surface area contributed by atoms with E-state index in [1.165, 1.54) is 22.5 Å². The first-order valence-electron chi connectivity index (χ1n) is 8.26. The Morgan fingerprint density at radius 1 is 0.963 bits per heavy atom. The Hall–Kier alpha value is -2.22. The highest BCUT2D eigenvalue weighted by atomic mass is 35.5. The molecule has 1 aromatic heterocycles. The minimum absolute atomic E-state index is 0.0146. The molecule has 27 heavy (non-hydrogen) atoms. The summed E-state index contributed by atoms with van der Waals surface area (Å²) in [5, 5.41) is 0.113. The molecular formula is C19H15ClF2N2O2S. The molecular weight excluding hydrogens is 394 g/mol. The molecule has 4 nitrogen and oxygen atoms in total. The fourth-order valence-corrected chi connectivity index (χ4v) is 5.50. The van der Waals surface area contributed by atoms with Crippen LogP contribution in [0.1, 0.15) is 17.3 Å². The molecule has 1 atom stereocenters. The molecule has 0 N–H and O–H groups in total. The third-order valence-corrected chi connectivity index (χ3v) is 7.04. The molecule has 0 fully saturated rings. The number of rotatable bonds is 3. The lowest BCUT2D eigenvalue weighted by Gasteiger charge is -2.36. The Bertz CT molecular complexity index is 1110. The summed E-state index contributed by atoms with van der Waals surface area (Å²) in [6, 6.07) is 12.4. The Balaban J connectivity index is 1.89. The van der Waals surface area contributed by atoms with E-state index >= 15 is 0 Å². The SMILES string of the molecule is O=S(=O)(c1ccccc1Cl)N1CCn2cccc2C1c1ccc(F)c(F)c1. The van der Waals surface area contributed by atoms with Crippen LogP contribution in [0.4, 0.5) is 8.78 Å². The maximum Gasteiger partial charge on any atom is 0.245 e. The van der Waals surface area contributed by atoms with Crippen molar-refractivity contribution in [3.05, 3.63) is 88.7 Å². The highest BCUT2D eigenvalue weighted by Crippen LogP contribution is 2.38. The van der Waals surface area contributed by atoms with Gasteiger partial charge in [0.15, 0.2) is 11.6 Å². The van der Waals surface area contributed by atoms with Crippen LogP contribution in [0.15, 0.2) is 65.7 Å². The minimum Gasteiger partial charge on any atom is -0.348 e. The molecule has 0 radical (unpaired) electrons. The van der Waals surface area contributed by atoms with Crippen molar-refractivity contribution in [3.8, 4) is 0 Å². The second kappa shape index (κ2) is 6.74. The van der Waals surface area contributed by atoms with Crippen molar-refractivity contribution in [2.75, 3.05) is 6.54 Å². The van der Waals surface area contributed by atoms with Crippen molar-refractivity contribution in [1.82, 2.24) is 8.87 Å². The van der Waals surface area contributed by atoms with Crippen molar-refractivity contribution in [3.63, 3.8) is 0 Å². The van der Waals surface area contributed by atoms with Crippen LogP contribution in [-0.4, -0.2) is 23.8 Å². The van der Waals surface area contributed by atoms with Crippen molar-refractivity contribution >= 4 is 21.6 Å². The van der Waals surface area contributed by atoms with Gasteiger partial charge in [-0.05, 0) is 42.0 Å². The van der Waals surface area contributed by atoms with Gasteiger partial charge in [-0.2, -0.15) is 4.31 Å². The zero-order valence-corrected chi connectivity index (χ0v) is 15.6. The van der Waals surface area contributed by atoms with E-state index in [0.717, 1.165) is 12.1 Å². The molecule has 0 saturated heterocycles. The van der Waals surface area contributed by atoms with Crippen LogP contribution < -0.4 is 0 Å². The maximum absolute atomic E-state index is 13.9. The maximum atomic E-state index is 13.9. The molecule has 1 aliphatic heterocycles. The van der Waals surface area contributed by atoms with Crippen molar-refractivity contribution in [1.29, 1.82) is 0 Å². The second-order valence-electron chi connectivity index (χ2n) is 6.25. The largest absolute Gasteiger partial charge is 0.348 e. The van der Waals surface area contributed by atoms with Crippen molar-refractivity contribution in [2.24, 2.45) is 0 Å². The van der Waals surface area contributed by atoms with Gasteiger partial charge in [0.2, 0.25) is 10.0 Å². The minimum atomic E-state index is -3.96. The lowest BCUT2D eigenvalue weighted by Crippen LogP contribution is -2.42. The zero-order valence-electron chi connectivity index (χ0n) is 14.0. The van der Waals surface area contributed by atoms with Crippen LogP contribution in [0.2, 0.25) is 5.02 Å². The molecule has 1 unspecified atom stereocenters. The molecule has 0 aliphatic carbocycles. The molecule has 4 rings (SSSR count). The van der Waals surface area contributed by atoms with Gasteiger partial charge >= 0.3 is 0 Å². The van der Waals surface area contributed by atoms with Gasteiger partial charge in [-0.1, -0.05) is 29.8 Å². The number of fused-ring (bicyclic) bond motifs is 1. The number of hydrogen-bond acceptors (Lipinski definition) is 2. The van der Waals surface area contributed by atoms with Gasteiger partial charge < -0.3 is 4.57 Å². The van der Waals surface area contributed by atoms with Crippen LogP contribution in [0.3, 0.4) is 0 Å². The average molecular weight is 409 g/mol. The number of benzene rings is 2. The number of hydrogen-bond donors (Lipinski definition) is 0. The summed E-state index contributed by atoms with van der Waals surface area (Å²) in [6.07, 6.45) is 1.83. The molecule has 140 valence electrons. The summed E-state index contributed by atoms with van der Waals surface area (Å²) in [6.45, 7) is 0.630. The first kappa shape index (κ1) is 18.2. The van der Waals surface area contributed by atoms with Gasteiger partial charge in [0.1, 0.15) is 4.90 Å². The van der Waals surface area contributed by atoms with Gasteiger partial charge in [0, 0.05) is 25.0 Å². The molecule has 1 aliphatic rings. The zero-order chi connectivity index (χ0) is 19.2. The monoisotopic (exact) mass is 408 g/mol. The van der Waals surface area contributed by atoms with E-state index < -0.39 is 27.7 Å². The van der Waals surface area contributed by atoms with E-state index in [2.05, 4.69) is 0 Å². The van der Waals surface area contributed by atoms with Gasteiger partial charge in [0.25, 0.3) is 0 Å². The van der Waals surface area contributed by atoms with E-state index in [4.69, 9.17) is 11.6 Å². The van der Waals surface area contributed by atoms with Gasteiger partial charge in [-0.3, -0.25) is 0 Å². The first-order chi connectivity index (χ1) is 12.9. The Morgan fingerprint density at radius 3 is 2.48 bits per heavy atom. The van der Waals surface area contributed by atoms with E-state index in [0.29, 0.717) is 17.8 Å². The summed E-state index contributed by atoms with van der Waals surface area (Å²) in [5.74, 6) is -2.00. The number of sulfonamides is 1. The third-order valence-electron chi connectivity index (χ3n) is 4.68. The number of halogens is 3. The summed E-state index contributed by atoms with van der Waals surface area (Å²) < 4.78 is 57.2. The van der Waals surface area contributed by atoms with Crippen LogP contribution in [-0.2, 0) is 16.6 Å². The van der Waals surface area contributed by atoms with Crippen LogP contribution in [0.25, 0.3) is 0 Å². The molecule has 2 heterocycles. The van der Waals surface area contributed by atoms with Crippen LogP contribution in [0.5, 0.6) is 0 Å². The van der Waals surface area contributed by atoms with Gasteiger partial charge in [-0.25, -0.2) is 17.2 Å². The van der Waals surface area contributed by atoms with E-state index in [9.17, 15) is 17.2 Å². The van der Waals surface area contributed by atoms with Crippen molar-refractivity contribution in [2.45, 2.75) is 17.5 Å². The highest BCUT2D eigenvalue weighted by molar-refractivity contribution is 7.89. The Labute approximate surface area is 160 Å². The smallest absolute Gasteiger partial charge is 0.245 e. The second-order valence-corrected chi connectivity index (χ2v) is 8.51. The van der Waals surface area contributed by atoms with E-state index in [1.54, 1.807) is 24.3 Å². The third kappa shape index (κ3) is 3.05. The van der Waals surface area contributed by atoms with Crippen molar-refractivity contribution < 1.29 is 17.2 Å². The van der Waals surface area contributed by atoms with E-state index in [1.807, 2.05) is 10.8 Å². The molecule has 0 spiro atoms. The van der Waals surface area contributed by atoms with Gasteiger partial charge in [0.05, 0.1) is 11.1 Å². The molecule has 3 aromatic rings. The van der Waals surface area contributed by atoms with Crippen LogP contribution in [0, 0.1) is 11.6 Å². The molecule has 2 aromatic carbocycles. The number of nitrogens with zero attached hydrogens (tertiary/aromatic N) is 2. The first-order valence-corrected chi connectivity index (χ1v) is 10.1. The highest BCUT2D eigenvalue weighted by Gasteiger charge is 2.38. The lowest BCUT2D eigenvalue weighted by atomic mass is 10.0. The predicted octanol–water partition coefficient (Wildman–Crippen LogP) is 4.21. The Morgan fingerprint density at radius 2 is 1.74 bits per heavy atom. The average Bonchev–Trinajstić information content (AvgIpc) is 3.12. The normalized spacial score (nSPS) is 17.7. The summed E-state index contributed by atoms with van der Waals surface area (Å²) in [4.78, 5) is -0.0146. The van der Waals surface area contributed by atoms with Gasteiger partial charge in [-0.15, -0.1) is 0 Å². The number of aromatic nitrogens is 1. The molecule has 8 heteroatoms. The topological polar surface area (TPSA) is 42.3 Å². The summed E-state index contributed by atoms with van der Waals surface area (Å²) in [7, 11) is -3.96. The molecule has 0 saturated carbocycles. The molecule has 0 amide bonds. The lowest BCUT2D eigenvalue weighted by molar-refractivity contribution is 0.297. The predicted molar refractivity (Wildman–Crippen MR) is 98.0 cm³/mol. The van der Waals surface area contributed by atoms with Crippen LogP contribution >= 0.6 is 11.6 Å². The standard InChI is InChI=1S/C19H15ClF2N2O2S/c20-14-4-1-2-6-18(14)27(25,26)24-11-10-23-9-3-5-17(23)19(24)13-7-8-15(21)16(22)12-13/h1-9,12,19H,10-11H2. The Kier molecular flexibility index (Phi) is 4.53. The summed E-state index contributed by atoms with van der Waals surface area (Å²) in [5.41, 5.74) is 1.03.